The van der Waals surface area contributed by atoms with Crippen molar-refractivity contribution in [3.8, 4) is 0 Å². The molecule has 0 aromatic carbocycles. The van der Waals surface area contributed by atoms with Gasteiger partial charge in [-0.3, -0.25) is 0 Å². The van der Waals surface area contributed by atoms with Gasteiger partial charge in [-0.25, -0.2) is 0 Å². The van der Waals surface area contributed by atoms with E-state index in [2.05, 4.69) is 52.5 Å². The Morgan fingerprint density at radius 2 is 1.90 bits per heavy atom. The van der Waals surface area contributed by atoms with E-state index >= 15 is 0 Å². The summed E-state index contributed by atoms with van der Waals surface area (Å²) in [6.07, 6.45) is 15.8. The van der Waals surface area contributed by atoms with E-state index in [0.29, 0.717) is 0 Å². The van der Waals surface area contributed by atoms with Crippen LogP contribution in [0.3, 0.4) is 0 Å². The summed E-state index contributed by atoms with van der Waals surface area (Å²) in [6.45, 7) is 12.9. The Labute approximate surface area is 126 Å². The Kier molecular flexibility index (Phi) is 7.65. The second-order valence-electron chi connectivity index (χ2n) is 6.55. The first-order valence-corrected chi connectivity index (χ1v) is 8.11. The second kappa shape index (κ2) is 9.00. The topological polar surface area (TPSA) is 0 Å². The van der Waals surface area contributed by atoms with Crippen LogP contribution in [-0.4, -0.2) is 0 Å². The minimum absolute atomic E-state index is 0.798. The van der Waals surface area contributed by atoms with E-state index in [-0.39, 0.29) is 0 Å². The van der Waals surface area contributed by atoms with E-state index in [1.165, 1.54) is 43.3 Å². The molecule has 0 amide bonds. The molecule has 0 saturated heterocycles. The molecule has 1 atom stereocenters. The molecule has 1 unspecified atom stereocenters. The summed E-state index contributed by atoms with van der Waals surface area (Å²) in [4.78, 5) is 0. The van der Waals surface area contributed by atoms with Crippen molar-refractivity contribution in [1.82, 2.24) is 0 Å². The van der Waals surface area contributed by atoms with Gasteiger partial charge in [0.1, 0.15) is 0 Å². The largest absolute Gasteiger partial charge is 0.100 e. The number of hydrogen-bond acceptors (Lipinski definition) is 0. The molecule has 0 saturated carbocycles. The summed E-state index contributed by atoms with van der Waals surface area (Å²) in [7, 11) is 0. The monoisotopic (exact) mass is 272 g/mol. The van der Waals surface area contributed by atoms with Crippen LogP contribution >= 0.6 is 0 Å². The molecule has 0 aliphatic heterocycles. The highest BCUT2D eigenvalue weighted by Gasteiger charge is 2.13. The molecule has 0 fully saturated rings. The first kappa shape index (κ1) is 17.0. The van der Waals surface area contributed by atoms with E-state index < -0.39 is 0 Å². The van der Waals surface area contributed by atoms with Gasteiger partial charge in [0.2, 0.25) is 0 Å². The normalized spacial score (nSPS) is 20.8. The lowest BCUT2D eigenvalue weighted by Gasteiger charge is -2.21. The molecule has 0 N–H and O–H groups in total. The molecular formula is C20H32. The van der Waals surface area contributed by atoms with Crippen LogP contribution in [0, 0.1) is 5.92 Å². The van der Waals surface area contributed by atoms with Crippen LogP contribution in [0.15, 0.2) is 47.1 Å². The molecule has 0 spiro atoms. The van der Waals surface area contributed by atoms with Crippen molar-refractivity contribution in [2.45, 2.75) is 72.6 Å². The molecule has 0 heterocycles. The van der Waals surface area contributed by atoms with Crippen LogP contribution in [0.4, 0.5) is 0 Å². The molecular weight excluding hydrogens is 240 g/mol. The van der Waals surface area contributed by atoms with Crippen LogP contribution in [0.5, 0.6) is 0 Å². The van der Waals surface area contributed by atoms with E-state index in [9.17, 15) is 0 Å². The number of hydrogen-bond donors (Lipinski definition) is 0. The molecule has 0 heteroatoms. The third-order valence-electron chi connectivity index (χ3n) is 4.35. The maximum Gasteiger partial charge on any atom is -0.0168 e. The third kappa shape index (κ3) is 6.93. The Morgan fingerprint density at radius 3 is 2.50 bits per heavy atom. The van der Waals surface area contributed by atoms with E-state index in [1.807, 2.05) is 0 Å². The number of rotatable bonds is 7. The van der Waals surface area contributed by atoms with Crippen molar-refractivity contribution in [1.29, 1.82) is 0 Å². The van der Waals surface area contributed by atoms with Crippen LogP contribution < -0.4 is 0 Å². The summed E-state index contributed by atoms with van der Waals surface area (Å²) < 4.78 is 0. The van der Waals surface area contributed by atoms with Gasteiger partial charge in [-0.05, 0) is 78.6 Å². The van der Waals surface area contributed by atoms with Crippen molar-refractivity contribution in [3.05, 3.63) is 47.1 Å². The van der Waals surface area contributed by atoms with Crippen molar-refractivity contribution in [3.63, 3.8) is 0 Å². The van der Waals surface area contributed by atoms with E-state index in [1.54, 1.807) is 11.1 Å². The van der Waals surface area contributed by atoms with Crippen LogP contribution in [0.25, 0.3) is 0 Å². The lowest BCUT2D eigenvalue weighted by Crippen LogP contribution is -2.06. The summed E-state index contributed by atoms with van der Waals surface area (Å²) in [5, 5.41) is 0. The predicted molar refractivity (Wildman–Crippen MR) is 91.9 cm³/mol. The summed E-state index contributed by atoms with van der Waals surface area (Å²) in [6, 6.07) is 0. The van der Waals surface area contributed by atoms with E-state index in [0.717, 1.165) is 18.8 Å². The van der Waals surface area contributed by atoms with Crippen molar-refractivity contribution in [2.24, 2.45) is 5.92 Å². The molecule has 0 bridgehead atoms. The van der Waals surface area contributed by atoms with Crippen molar-refractivity contribution < 1.29 is 0 Å². The average molecular weight is 272 g/mol. The lowest BCUT2D eigenvalue weighted by molar-refractivity contribution is 0.536. The minimum atomic E-state index is 0.798. The van der Waals surface area contributed by atoms with Gasteiger partial charge in [-0.2, -0.15) is 0 Å². The predicted octanol–water partition coefficient (Wildman–Crippen LogP) is 6.76. The first-order chi connectivity index (χ1) is 9.49. The molecule has 20 heavy (non-hydrogen) atoms. The zero-order chi connectivity index (χ0) is 15.0. The van der Waals surface area contributed by atoms with Gasteiger partial charge in [-0.15, -0.1) is 6.58 Å². The SMILES string of the molecule is C=C(C)CC/C=C(\C)CC/C=C(/C)C1CC=C(C)CC1. The van der Waals surface area contributed by atoms with E-state index in [4.69, 9.17) is 0 Å². The molecule has 1 rings (SSSR count). The standard InChI is InChI=1S/C20H32/c1-16(2)8-6-9-17(3)10-7-11-19(5)20-14-12-18(4)13-15-20/h9,11-12,20H,1,6-8,10,13-15H2,2-5H3/b17-9+,19-11-. The summed E-state index contributed by atoms with van der Waals surface area (Å²) in [5.41, 5.74) is 5.98. The van der Waals surface area contributed by atoms with Crippen LogP contribution in [-0.2, 0) is 0 Å². The zero-order valence-corrected chi connectivity index (χ0v) is 14.0. The van der Waals surface area contributed by atoms with Gasteiger partial charge < -0.3 is 0 Å². The highest BCUT2D eigenvalue weighted by Crippen LogP contribution is 2.29. The second-order valence-corrected chi connectivity index (χ2v) is 6.55. The fourth-order valence-corrected chi connectivity index (χ4v) is 2.74. The first-order valence-electron chi connectivity index (χ1n) is 8.11. The van der Waals surface area contributed by atoms with Gasteiger partial charge >= 0.3 is 0 Å². The van der Waals surface area contributed by atoms with Gasteiger partial charge in [0.05, 0.1) is 0 Å². The molecule has 0 aromatic rings. The maximum atomic E-state index is 3.95. The molecule has 0 aromatic heterocycles. The van der Waals surface area contributed by atoms with Gasteiger partial charge in [0.15, 0.2) is 0 Å². The Morgan fingerprint density at radius 1 is 1.20 bits per heavy atom. The lowest BCUT2D eigenvalue weighted by atomic mass is 9.85. The fourth-order valence-electron chi connectivity index (χ4n) is 2.74. The van der Waals surface area contributed by atoms with Gasteiger partial charge in [0, 0.05) is 0 Å². The minimum Gasteiger partial charge on any atom is -0.100 e. The Hall–Kier alpha value is -1.04. The fraction of sp³-hybridized carbons (Fsp3) is 0.600. The van der Waals surface area contributed by atoms with Gasteiger partial charge in [0.25, 0.3) is 0 Å². The van der Waals surface area contributed by atoms with Crippen molar-refractivity contribution in [2.75, 3.05) is 0 Å². The molecule has 112 valence electrons. The molecule has 1 aliphatic rings. The zero-order valence-electron chi connectivity index (χ0n) is 14.0. The molecule has 0 radical (unpaired) electrons. The summed E-state index contributed by atoms with van der Waals surface area (Å²) in [5.74, 6) is 0.798. The highest BCUT2D eigenvalue weighted by atomic mass is 14.2. The van der Waals surface area contributed by atoms with Crippen LogP contribution in [0.1, 0.15) is 72.6 Å². The third-order valence-corrected chi connectivity index (χ3v) is 4.35. The highest BCUT2D eigenvalue weighted by molar-refractivity contribution is 5.13. The average Bonchev–Trinajstić information content (AvgIpc) is 2.39. The summed E-state index contributed by atoms with van der Waals surface area (Å²) >= 11 is 0. The van der Waals surface area contributed by atoms with Gasteiger partial charge in [-0.1, -0.05) is 40.5 Å². The van der Waals surface area contributed by atoms with Crippen molar-refractivity contribution >= 4 is 0 Å². The molecule has 0 nitrogen and oxygen atoms in total. The smallest absolute Gasteiger partial charge is 0.0168 e. The Bertz CT molecular complexity index is 404. The quantitative estimate of drug-likeness (QED) is 0.449. The Balaban J connectivity index is 2.31. The molecule has 1 aliphatic carbocycles. The maximum absolute atomic E-state index is 3.95. The number of allylic oxidation sites excluding steroid dienone is 7. The van der Waals surface area contributed by atoms with Crippen LogP contribution in [0.2, 0.25) is 0 Å².